The Morgan fingerprint density at radius 3 is 2.71 bits per heavy atom. The summed E-state index contributed by atoms with van der Waals surface area (Å²) in [6.45, 7) is 3.64. The normalized spacial score (nSPS) is 12.1. The van der Waals surface area contributed by atoms with Crippen LogP contribution >= 0.6 is 23.6 Å². The Labute approximate surface area is 92.3 Å². The van der Waals surface area contributed by atoms with Gasteiger partial charge in [0.15, 0.2) is 0 Å². The average molecular weight is 228 g/mol. The van der Waals surface area contributed by atoms with Crippen LogP contribution in [0.3, 0.4) is 0 Å². The number of hydrogen-bond acceptors (Lipinski definition) is 3. The molecule has 1 rings (SSSR count). The van der Waals surface area contributed by atoms with Gasteiger partial charge >= 0.3 is 0 Å². The zero-order valence-corrected chi connectivity index (χ0v) is 9.67. The topological polar surface area (TPSA) is 55.1 Å². The van der Waals surface area contributed by atoms with E-state index in [0.29, 0.717) is 0 Å². The number of amides is 1. The summed E-state index contributed by atoms with van der Waals surface area (Å²) in [4.78, 5) is 11.7. The van der Waals surface area contributed by atoms with E-state index in [2.05, 4.69) is 5.32 Å². The largest absolute Gasteiger partial charge is 0.393 e. The molecule has 0 fully saturated rings. The fraction of sp³-hybridized carbons (Fsp3) is 0.333. The highest BCUT2D eigenvalue weighted by molar-refractivity contribution is 7.80. The minimum atomic E-state index is -0.427. The fourth-order valence-corrected chi connectivity index (χ4v) is 1.75. The minimum Gasteiger partial charge on any atom is -0.393 e. The molecule has 0 aliphatic carbocycles. The molecule has 0 spiro atoms. The number of thiophene rings is 1. The molecule has 5 heteroatoms. The summed E-state index contributed by atoms with van der Waals surface area (Å²) in [6, 6.07) is 0. The standard InChI is InChI=1S/C9H12N2OS2/c1-5-3-14-4-7(5)11-9(12)6(2)8(10)13/h3-4,6H,1-2H3,(H2,10,13)(H,11,12). The zero-order chi connectivity index (χ0) is 10.7. The average Bonchev–Trinajstić information content (AvgIpc) is 2.50. The molecule has 1 heterocycles. The molecule has 14 heavy (non-hydrogen) atoms. The van der Waals surface area contributed by atoms with Crippen LogP contribution in [0.4, 0.5) is 5.69 Å². The Morgan fingerprint density at radius 1 is 1.64 bits per heavy atom. The first kappa shape index (κ1) is 11.1. The minimum absolute atomic E-state index is 0.154. The molecule has 0 saturated carbocycles. The fourth-order valence-electron chi connectivity index (χ4n) is 0.859. The van der Waals surface area contributed by atoms with Crippen LogP contribution in [-0.2, 0) is 4.79 Å². The highest BCUT2D eigenvalue weighted by Gasteiger charge is 2.16. The second-order valence-electron chi connectivity index (χ2n) is 3.08. The van der Waals surface area contributed by atoms with Crippen molar-refractivity contribution < 1.29 is 4.79 Å². The lowest BCUT2D eigenvalue weighted by atomic mass is 10.1. The number of nitrogens with two attached hydrogens (primary N) is 1. The first-order chi connectivity index (χ1) is 6.52. The lowest BCUT2D eigenvalue weighted by Gasteiger charge is -2.09. The molecule has 1 atom stereocenters. The van der Waals surface area contributed by atoms with Gasteiger partial charge in [-0.1, -0.05) is 12.2 Å². The lowest BCUT2D eigenvalue weighted by molar-refractivity contribution is -0.117. The van der Waals surface area contributed by atoms with Crippen LogP contribution in [0.1, 0.15) is 12.5 Å². The molecule has 0 aliphatic heterocycles. The number of carbonyl (C=O) groups is 1. The van der Waals surface area contributed by atoms with E-state index in [1.54, 1.807) is 18.3 Å². The molecule has 76 valence electrons. The van der Waals surface area contributed by atoms with Crippen LogP contribution in [0.25, 0.3) is 0 Å². The number of rotatable bonds is 3. The smallest absolute Gasteiger partial charge is 0.234 e. The zero-order valence-electron chi connectivity index (χ0n) is 8.03. The quantitative estimate of drug-likeness (QED) is 0.777. The van der Waals surface area contributed by atoms with E-state index in [1.807, 2.05) is 17.7 Å². The monoisotopic (exact) mass is 228 g/mol. The SMILES string of the molecule is Cc1cscc1NC(=O)C(C)C(N)=S. The molecule has 1 unspecified atom stereocenters. The molecule has 1 aromatic rings. The predicted molar refractivity (Wildman–Crippen MR) is 63.6 cm³/mol. The van der Waals surface area contributed by atoms with E-state index in [-0.39, 0.29) is 10.9 Å². The summed E-state index contributed by atoms with van der Waals surface area (Å²) in [7, 11) is 0. The van der Waals surface area contributed by atoms with Gasteiger partial charge in [0.1, 0.15) is 0 Å². The first-order valence-corrected chi connectivity index (χ1v) is 5.50. The van der Waals surface area contributed by atoms with Gasteiger partial charge in [0, 0.05) is 5.38 Å². The predicted octanol–water partition coefficient (Wildman–Crippen LogP) is 1.92. The van der Waals surface area contributed by atoms with E-state index in [1.165, 1.54) is 0 Å². The van der Waals surface area contributed by atoms with Crippen LogP contribution in [0.2, 0.25) is 0 Å². The molecular formula is C9H12N2OS2. The van der Waals surface area contributed by atoms with Gasteiger partial charge in [0.2, 0.25) is 5.91 Å². The number of nitrogens with one attached hydrogen (secondary N) is 1. The third kappa shape index (κ3) is 2.52. The molecule has 0 bridgehead atoms. The third-order valence-electron chi connectivity index (χ3n) is 1.93. The van der Waals surface area contributed by atoms with Gasteiger partial charge in [-0.05, 0) is 24.8 Å². The van der Waals surface area contributed by atoms with Crippen molar-refractivity contribution >= 4 is 40.1 Å². The summed E-state index contributed by atoms with van der Waals surface area (Å²) in [6.07, 6.45) is 0. The van der Waals surface area contributed by atoms with Crippen molar-refractivity contribution in [3.05, 3.63) is 16.3 Å². The van der Waals surface area contributed by atoms with Crippen LogP contribution in [-0.4, -0.2) is 10.9 Å². The molecule has 0 aliphatic rings. The summed E-state index contributed by atoms with van der Waals surface area (Å²) >= 11 is 6.29. The third-order valence-corrected chi connectivity index (χ3v) is 3.15. The molecule has 3 nitrogen and oxygen atoms in total. The van der Waals surface area contributed by atoms with E-state index in [9.17, 15) is 4.79 Å². The van der Waals surface area contributed by atoms with Crippen molar-refractivity contribution in [1.29, 1.82) is 0 Å². The molecule has 3 N–H and O–H groups in total. The maximum atomic E-state index is 11.5. The first-order valence-electron chi connectivity index (χ1n) is 4.15. The van der Waals surface area contributed by atoms with Crippen molar-refractivity contribution in [3.63, 3.8) is 0 Å². The van der Waals surface area contributed by atoms with Gasteiger partial charge in [0.25, 0.3) is 0 Å². The van der Waals surface area contributed by atoms with Gasteiger partial charge in [0.05, 0.1) is 16.6 Å². The maximum Gasteiger partial charge on any atom is 0.234 e. The van der Waals surface area contributed by atoms with Gasteiger partial charge in [-0.25, -0.2) is 0 Å². The summed E-state index contributed by atoms with van der Waals surface area (Å²) < 4.78 is 0. The van der Waals surface area contributed by atoms with Crippen molar-refractivity contribution in [1.82, 2.24) is 0 Å². The highest BCUT2D eigenvalue weighted by Crippen LogP contribution is 2.19. The molecular weight excluding hydrogens is 216 g/mol. The lowest BCUT2D eigenvalue weighted by Crippen LogP contribution is -2.30. The van der Waals surface area contributed by atoms with Crippen molar-refractivity contribution in [2.24, 2.45) is 11.7 Å². The number of hydrogen-bond donors (Lipinski definition) is 2. The van der Waals surface area contributed by atoms with Gasteiger partial charge < -0.3 is 11.1 Å². The number of carbonyl (C=O) groups excluding carboxylic acids is 1. The van der Waals surface area contributed by atoms with E-state index < -0.39 is 5.92 Å². The van der Waals surface area contributed by atoms with Crippen LogP contribution in [0, 0.1) is 12.8 Å². The Bertz CT molecular complexity index is 359. The van der Waals surface area contributed by atoms with Crippen molar-refractivity contribution in [2.75, 3.05) is 5.32 Å². The van der Waals surface area contributed by atoms with E-state index >= 15 is 0 Å². The van der Waals surface area contributed by atoms with Gasteiger partial charge in [-0.2, -0.15) is 0 Å². The second kappa shape index (κ2) is 4.52. The number of anilines is 1. The Hall–Kier alpha value is -0.940. The van der Waals surface area contributed by atoms with E-state index in [0.717, 1.165) is 11.3 Å². The molecule has 1 amide bonds. The Kier molecular flexibility index (Phi) is 3.60. The number of thiocarbonyl (C=S) groups is 1. The number of aryl methyl sites for hydroxylation is 1. The highest BCUT2D eigenvalue weighted by atomic mass is 32.1. The second-order valence-corrected chi connectivity index (χ2v) is 4.30. The van der Waals surface area contributed by atoms with Gasteiger partial charge in [-0.15, -0.1) is 11.3 Å². The Morgan fingerprint density at radius 2 is 2.29 bits per heavy atom. The van der Waals surface area contributed by atoms with Crippen molar-refractivity contribution in [2.45, 2.75) is 13.8 Å². The Balaban J connectivity index is 2.66. The van der Waals surface area contributed by atoms with E-state index in [4.69, 9.17) is 18.0 Å². The summed E-state index contributed by atoms with van der Waals surface area (Å²) in [5.74, 6) is -0.580. The molecule has 0 aromatic carbocycles. The van der Waals surface area contributed by atoms with Crippen LogP contribution < -0.4 is 11.1 Å². The summed E-state index contributed by atoms with van der Waals surface area (Å²) in [5.41, 5.74) is 7.27. The van der Waals surface area contributed by atoms with Crippen LogP contribution in [0.15, 0.2) is 10.8 Å². The van der Waals surface area contributed by atoms with Gasteiger partial charge in [-0.3, -0.25) is 4.79 Å². The summed E-state index contributed by atoms with van der Waals surface area (Å²) in [5, 5.41) is 6.64. The maximum absolute atomic E-state index is 11.5. The molecule has 0 saturated heterocycles. The van der Waals surface area contributed by atoms with Crippen molar-refractivity contribution in [3.8, 4) is 0 Å². The van der Waals surface area contributed by atoms with Crippen LogP contribution in [0.5, 0.6) is 0 Å². The molecule has 1 aromatic heterocycles. The molecule has 0 radical (unpaired) electrons.